The summed E-state index contributed by atoms with van der Waals surface area (Å²) in [6.07, 6.45) is 0. The maximum absolute atomic E-state index is 2.47. The smallest absolute Gasteiger partial charge is 0.0725 e. The summed E-state index contributed by atoms with van der Waals surface area (Å²) in [7, 11) is 0. The predicted octanol–water partition coefficient (Wildman–Crippen LogP) is 18.2. The highest BCUT2D eigenvalue weighted by molar-refractivity contribution is 6.13. The van der Waals surface area contributed by atoms with E-state index in [1.807, 2.05) is 0 Å². The number of rotatable bonds is 6. The van der Waals surface area contributed by atoms with Gasteiger partial charge in [-0.3, -0.25) is 0 Å². The molecule has 0 fully saturated rings. The highest BCUT2D eigenvalue weighted by Crippen LogP contribution is 2.63. The van der Waals surface area contributed by atoms with Crippen molar-refractivity contribution >= 4 is 38.9 Å². The standard InChI is InChI=1S/C70H48N2/c1-69(2)61-28-13-9-26-55(61)58-43-60-59-41-48(34-39-67(59)72(68(60)44-66(58)69)49-21-7-4-8-22-49)46-32-35-50(36-33-46)71(51-23-17-20-47(40-51)45-18-5-3-6-19-45)52-37-38-65-57(42-52)56-27-12-16-31-64(56)70(65)62-29-14-10-24-53(62)54-25-11-15-30-63(54)70/h3-44H,1-2H3. The second kappa shape index (κ2) is 15.3. The fraction of sp³-hybridized carbons (Fsp3) is 0.0571. The lowest BCUT2D eigenvalue weighted by Crippen LogP contribution is -2.25. The Balaban J connectivity index is 0.888. The Morgan fingerprint density at radius 3 is 1.44 bits per heavy atom. The minimum absolute atomic E-state index is 0.0946. The summed E-state index contributed by atoms with van der Waals surface area (Å²) in [5.74, 6) is 0. The van der Waals surface area contributed by atoms with Crippen LogP contribution in [0.1, 0.15) is 47.2 Å². The predicted molar refractivity (Wildman–Crippen MR) is 300 cm³/mol. The number of anilines is 3. The van der Waals surface area contributed by atoms with Crippen LogP contribution in [-0.4, -0.2) is 4.57 Å². The van der Waals surface area contributed by atoms with Gasteiger partial charge in [0, 0.05) is 38.9 Å². The van der Waals surface area contributed by atoms with Gasteiger partial charge in [-0.1, -0.05) is 196 Å². The summed E-state index contributed by atoms with van der Waals surface area (Å²) in [6, 6.07) is 95.1. The van der Waals surface area contributed by atoms with Crippen molar-refractivity contribution in [1.82, 2.24) is 4.57 Å². The van der Waals surface area contributed by atoms with Crippen molar-refractivity contribution in [3.63, 3.8) is 0 Å². The van der Waals surface area contributed by atoms with Crippen LogP contribution in [0.2, 0.25) is 0 Å². The van der Waals surface area contributed by atoms with Crippen molar-refractivity contribution in [2.45, 2.75) is 24.7 Å². The fourth-order valence-electron chi connectivity index (χ4n) is 13.2. The fourth-order valence-corrected chi connectivity index (χ4v) is 13.2. The number of fused-ring (bicyclic) bond motifs is 16. The van der Waals surface area contributed by atoms with Crippen molar-refractivity contribution < 1.29 is 0 Å². The average Bonchev–Trinajstić information content (AvgIpc) is 4.11. The van der Waals surface area contributed by atoms with Gasteiger partial charge in [-0.25, -0.2) is 0 Å². The molecule has 3 aliphatic carbocycles. The SMILES string of the molecule is CC1(C)c2ccccc2-c2cc3c4cc(-c5ccc(N(c6cccc(-c7ccccc7)c6)c6ccc7c(c6)-c6ccccc6C76c7ccccc7-c7ccccc76)cc5)ccc4n(-c4ccccc4)c3cc21. The van der Waals surface area contributed by atoms with Crippen LogP contribution in [0.3, 0.4) is 0 Å². The van der Waals surface area contributed by atoms with Gasteiger partial charge >= 0.3 is 0 Å². The second-order valence-corrected chi connectivity index (χ2v) is 20.4. The van der Waals surface area contributed by atoms with Gasteiger partial charge in [0.2, 0.25) is 0 Å². The Hall–Kier alpha value is -8.98. The Labute approximate surface area is 420 Å². The maximum Gasteiger partial charge on any atom is 0.0725 e. The third-order valence-corrected chi connectivity index (χ3v) is 16.4. The highest BCUT2D eigenvalue weighted by atomic mass is 15.1. The van der Waals surface area contributed by atoms with Gasteiger partial charge in [0.1, 0.15) is 0 Å². The largest absolute Gasteiger partial charge is 0.310 e. The molecular formula is C70H48N2. The minimum Gasteiger partial charge on any atom is -0.310 e. The summed E-state index contributed by atoms with van der Waals surface area (Å²) in [6.45, 7) is 4.74. The number of nitrogens with zero attached hydrogens (tertiary/aromatic N) is 2. The lowest BCUT2D eigenvalue weighted by molar-refractivity contribution is 0.661. The molecule has 0 amide bonds. The zero-order valence-electron chi connectivity index (χ0n) is 40.1. The van der Waals surface area contributed by atoms with Crippen LogP contribution in [-0.2, 0) is 10.8 Å². The molecule has 1 spiro atoms. The van der Waals surface area contributed by atoms with E-state index in [1.165, 1.54) is 117 Å². The Morgan fingerprint density at radius 2 is 0.764 bits per heavy atom. The third-order valence-electron chi connectivity index (χ3n) is 16.4. The summed E-state index contributed by atoms with van der Waals surface area (Å²) < 4.78 is 2.46. The van der Waals surface area contributed by atoms with Crippen LogP contribution in [0.15, 0.2) is 255 Å². The van der Waals surface area contributed by atoms with E-state index in [0.29, 0.717) is 0 Å². The second-order valence-electron chi connectivity index (χ2n) is 20.4. The molecule has 15 rings (SSSR count). The number of hydrogen-bond donors (Lipinski definition) is 0. The zero-order valence-corrected chi connectivity index (χ0v) is 40.1. The van der Waals surface area contributed by atoms with Crippen LogP contribution in [0.5, 0.6) is 0 Å². The van der Waals surface area contributed by atoms with Crippen LogP contribution in [0.4, 0.5) is 17.1 Å². The normalized spacial score (nSPS) is 13.9. The molecule has 0 saturated heterocycles. The van der Waals surface area contributed by atoms with E-state index in [0.717, 1.165) is 17.1 Å². The van der Waals surface area contributed by atoms with E-state index < -0.39 is 5.41 Å². The quantitative estimate of drug-likeness (QED) is 0.161. The Bertz CT molecular complexity index is 4130. The van der Waals surface area contributed by atoms with E-state index in [-0.39, 0.29) is 5.41 Å². The van der Waals surface area contributed by atoms with Crippen molar-refractivity contribution in [3.05, 3.63) is 288 Å². The summed E-state index contributed by atoms with van der Waals surface area (Å²) in [4.78, 5) is 2.44. The van der Waals surface area contributed by atoms with E-state index in [1.54, 1.807) is 0 Å². The van der Waals surface area contributed by atoms with E-state index >= 15 is 0 Å². The molecule has 2 heteroatoms. The molecule has 0 unspecified atom stereocenters. The molecule has 0 atom stereocenters. The van der Waals surface area contributed by atoms with E-state index in [4.69, 9.17) is 0 Å². The van der Waals surface area contributed by atoms with Gasteiger partial charge in [0.05, 0.1) is 16.4 Å². The summed E-state index contributed by atoms with van der Waals surface area (Å²) >= 11 is 0. The molecule has 338 valence electrons. The van der Waals surface area contributed by atoms with Crippen LogP contribution >= 0.6 is 0 Å². The summed E-state index contributed by atoms with van der Waals surface area (Å²) in [5.41, 5.74) is 27.2. The monoisotopic (exact) mass is 916 g/mol. The molecular weight excluding hydrogens is 869 g/mol. The number of hydrogen-bond acceptors (Lipinski definition) is 1. The van der Waals surface area contributed by atoms with Crippen LogP contribution in [0, 0.1) is 0 Å². The lowest BCUT2D eigenvalue weighted by atomic mass is 9.70. The first-order valence-corrected chi connectivity index (χ1v) is 25.2. The molecule has 0 N–H and O–H groups in total. The first-order chi connectivity index (χ1) is 35.5. The van der Waals surface area contributed by atoms with Gasteiger partial charge < -0.3 is 9.47 Å². The molecule has 72 heavy (non-hydrogen) atoms. The van der Waals surface area contributed by atoms with E-state index in [9.17, 15) is 0 Å². The van der Waals surface area contributed by atoms with Gasteiger partial charge in [-0.15, -0.1) is 0 Å². The van der Waals surface area contributed by atoms with Crippen molar-refractivity contribution in [2.24, 2.45) is 0 Å². The Morgan fingerprint density at radius 1 is 0.292 bits per heavy atom. The number of aromatic nitrogens is 1. The molecule has 0 bridgehead atoms. The van der Waals surface area contributed by atoms with Crippen LogP contribution in [0.25, 0.3) is 83.1 Å². The topological polar surface area (TPSA) is 8.17 Å². The molecule has 11 aromatic carbocycles. The zero-order chi connectivity index (χ0) is 47.7. The highest BCUT2D eigenvalue weighted by Gasteiger charge is 2.51. The van der Waals surface area contributed by atoms with Gasteiger partial charge in [-0.2, -0.15) is 0 Å². The molecule has 0 saturated carbocycles. The molecule has 2 nitrogen and oxygen atoms in total. The molecule has 0 radical (unpaired) electrons. The molecule has 1 aromatic heterocycles. The molecule has 12 aromatic rings. The van der Waals surface area contributed by atoms with Crippen LogP contribution < -0.4 is 4.90 Å². The van der Waals surface area contributed by atoms with Crippen molar-refractivity contribution in [3.8, 4) is 61.3 Å². The maximum atomic E-state index is 2.47. The molecule has 3 aliphatic rings. The third kappa shape index (κ3) is 5.66. The molecule has 1 heterocycles. The minimum atomic E-state index is -0.396. The summed E-state index contributed by atoms with van der Waals surface area (Å²) in [5, 5.41) is 2.52. The number of para-hydroxylation sites is 1. The van der Waals surface area contributed by atoms with Crippen molar-refractivity contribution in [2.75, 3.05) is 4.90 Å². The number of benzene rings is 11. The van der Waals surface area contributed by atoms with E-state index in [2.05, 4.69) is 278 Å². The van der Waals surface area contributed by atoms with Gasteiger partial charge in [-0.05, 0) is 162 Å². The Kier molecular flexibility index (Phi) is 8.66. The van der Waals surface area contributed by atoms with Crippen molar-refractivity contribution in [1.29, 1.82) is 0 Å². The van der Waals surface area contributed by atoms with Gasteiger partial charge in [0.15, 0.2) is 0 Å². The first kappa shape index (κ1) is 40.9. The lowest BCUT2D eigenvalue weighted by Gasteiger charge is -2.31. The molecule has 0 aliphatic heterocycles. The average molecular weight is 917 g/mol. The first-order valence-electron chi connectivity index (χ1n) is 25.2. The van der Waals surface area contributed by atoms with Gasteiger partial charge in [0.25, 0.3) is 0 Å².